The Bertz CT molecular complexity index is 1290. The molecule has 2 N–H and O–H groups in total. The normalized spacial score (nSPS) is 17.2. The zero-order valence-electron chi connectivity index (χ0n) is 20.7. The fraction of sp³-hybridized carbons (Fsp3) is 0.393. The molecule has 1 fully saturated rings. The van der Waals surface area contributed by atoms with Crippen LogP contribution < -0.4 is 15.4 Å². The Balaban J connectivity index is 1.32. The number of hydrogen-bond donors (Lipinski definition) is 2. The van der Waals surface area contributed by atoms with Gasteiger partial charge in [0.05, 0.1) is 23.1 Å². The van der Waals surface area contributed by atoms with Crippen LogP contribution in [-0.2, 0) is 11.2 Å². The van der Waals surface area contributed by atoms with Crippen molar-refractivity contribution in [3.8, 4) is 32.8 Å². The summed E-state index contributed by atoms with van der Waals surface area (Å²) in [7, 11) is 0. The van der Waals surface area contributed by atoms with Crippen LogP contribution in [0.25, 0.3) is 21.0 Å². The summed E-state index contributed by atoms with van der Waals surface area (Å²) in [6, 6.07) is 14.5. The van der Waals surface area contributed by atoms with Gasteiger partial charge >= 0.3 is 0 Å². The highest BCUT2D eigenvalue weighted by atomic mass is 32.1. The number of rotatable bonds is 7. The molecular weight excluding hydrogens is 470 g/mol. The third-order valence-corrected chi connectivity index (χ3v) is 7.80. The van der Waals surface area contributed by atoms with Gasteiger partial charge in [0.2, 0.25) is 5.91 Å². The molecule has 1 aromatic heterocycles. The molecule has 2 heterocycles. The molecule has 1 amide bonds. The van der Waals surface area contributed by atoms with Crippen LogP contribution in [0.3, 0.4) is 0 Å². The van der Waals surface area contributed by atoms with Crippen molar-refractivity contribution in [2.24, 2.45) is 0 Å². The highest BCUT2D eigenvalue weighted by molar-refractivity contribution is 7.18. The van der Waals surface area contributed by atoms with E-state index in [2.05, 4.69) is 39.9 Å². The Morgan fingerprint density at radius 1 is 1.31 bits per heavy atom. The average Bonchev–Trinajstić information content (AvgIpc) is 3.55. The third kappa shape index (κ3) is 5.14. The van der Waals surface area contributed by atoms with Crippen LogP contribution in [0.2, 0.25) is 0 Å². The minimum absolute atomic E-state index is 0.00750. The van der Waals surface area contributed by atoms with Crippen molar-refractivity contribution in [1.29, 1.82) is 5.26 Å². The largest absolute Gasteiger partial charge is 0.490 e. The number of nitrogens with zero attached hydrogens (tertiary/aromatic N) is 3. The van der Waals surface area contributed by atoms with Crippen molar-refractivity contribution in [2.45, 2.75) is 38.8 Å². The lowest BCUT2D eigenvalue weighted by Crippen LogP contribution is -2.49. The summed E-state index contributed by atoms with van der Waals surface area (Å²) >= 11 is 1.63. The third-order valence-electron chi connectivity index (χ3n) is 6.72. The minimum Gasteiger partial charge on any atom is -0.490 e. The van der Waals surface area contributed by atoms with Crippen LogP contribution in [0.1, 0.15) is 43.0 Å². The van der Waals surface area contributed by atoms with Gasteiger partial charge in [-0.25, -0.2) is 4.98 Å². The molecule has 36 heavy (non-hydrogen) atoms. The van der Waals surface area contributed by atoms with Crippen LogP contribution in [0, 0.1) is 11.3 Å². The van der Waals surface area contributed by atoms with Crippen LogP contribution in [0.5, 0.6) is 5.75 Å². The van der Waals surface area contributed by atoms with Crippen molar-refractivity contribution < 1.29 is 9.53 Å². The van der Waals surface area contributed by atoms with E-state index >= 15 is 0 Å². The van der Waals surface area contributed by atoms with Crippen molar-refractivity contribution in [3.63, 3.8) is 0 Å². The fourth-order valence-electron chi connectivity index (χ4n) is 4.97. The molecule has 1 saturated heterocycles. The summed E-state index contributed by atoms with van der Waals surface area (Å²) in [5.41, 5.74) is 5.24. The number of aromatic nitrogens is 1. The van der Waals surface area contributed by atoms with Crippen molar-refractivity contribution in [3.05, 3.63) is 59.3 Å². The average molecular weight is 502 g/mol. The molecule has 2 aromatic carbocycles. The molecule has 3 aromatic rings. The van der Waals surface area contributed by atoms with Crippen LogP contribution in [-0.4, -0.2) is 54.6 Å². The Morgan fingerprint density at radius 2 is 2.14 bits per heavy atom. The summed E-state index contributed by atoms with van der Waals surface area (Å²) in [5, 5.41) is 17.3. The van der Waals surface area contributed by atoms with Gasteiger partial charge in [-0.2, -0.15) is 5.26 Å². The van der Waals surface area contributed by atoms with E-state index in [1.54, 1.807) is 11.3 Å². The lowest BCUT2D eigenvalue weighted by Gasteiger charge is -2.28. The smallest absolute Gasteiger partial charge is 0.236 e. The number of carbonyl (C=O) groups is 1. The number of nitrogens with one attached hydrogen (secondary N) is 2. The Labute approximate surface area is 216 Å². The minimum atomic E-state index is 0.00750. The zero-order chi connectivity index (χ0) is 25.1. The number of thiazole rings is 1. The second-order valence-corrected chi connectivity index (χ2v) is 10.5. The predicted octanol–water partition coefficient (Wildman–Crippen LogP) is 4.14. The van der Waals surface area contributed by atoms with Gasteiger partial charge in [0.1, 0.15) is 16.8 Å². The maximum absolute atomic E-state index is 12.6. The molecule has 0 saturated carbocycles. The zero-order valence-corrected chi connectivity index (χ0v) is 21.5. The van der Waals surface area contributed by atoms with Gasteiger partial charge in [0, 0.05) is 44.0 Å². The molecule has 0 radical (unpaired) electrons. The standard InChI is InChI=1S/C28H31N5O2S/c1-18(2)35-25-9-6-19(14-20(25)15-29)28-32-16-26(36-28)23-5-3-4-22-21(23)7-8-24(22)31-17-27(34)33-12-10-30-11-13-33/h3-6,9,14,16,18,24,30-31H,7-8,10-13,17H2,1-2H3/t24-/m0/s1. The number of amides is 1. The maximum Gasteiger partial charge on any atom is 0.236 e. The van der Waals surface area contributed by atoms with E-state index in [9.17, 15) is 10.1 Å². The molecule has 8 heteroatoms. The van der Waals surface area contributed by atoms with Crippen molar-refractivity contribution in [2.75, 3.05) is 32.7 Å². The van der Waals surface area contributed by atoms with E-state index in [1.165, 1.54) is 16.7 Å². The van der Waals surface area contributed by atoms with Gasteiger partial charge in [-0.3, -0.25) is 4.79 Å². The van der Waals surface area contributed by atoms with E-state index in [4.69, 9.17) is 4.74 Å². The molecule has 0 spiro atoms. The second kappa shape index (κ2) is 10.8. The Kier molecular flexibility index (Phi) is 7.33. The summed E-state index contributed by atoms with van der Waals surface area (Å²) in [4.78, 5) is 20.3. The number of nitriles is 1. The number of ether oxygens (including phenoxy) is 1. The number of benzene rings is 2. The molecule has 1 atom stereocenters. The van der Waals surface area contributed by atoms with Crippen LogP contribution in [0.4, 0.5) is 0 Å². The highest BCUT2D eigenvalue weighted by Crippen LogP contribution is 2.41. The summed E-state index contributed by atoms with van der Waals surface area (Å²) < 4.78 is 5.76. The first kappa shape index (κ1) is 24.4. The first-order valence-electron chi connectivity index (χ1n) is 12.5. The van der Waals surface area contributed by atoms with E-state index in [-0.39, 0.29) is 18.1 Å². The van der Waals surface area contributed by atoms with Gasteiger partial charge < -0.3 is 20.3 Å². The van der Waals surface area contributed by atoms with Crippen molar-refractivity contribution in [1.82, 2.24) is 20.5 Å². The molecule has 0 bridgehead atoms. The van der Waals surface area contributed by atoms with Crippen LogP contribution >= 0.6 is 11.3 Å². The summed E-state index contributed by atoms with van der Waals surface area (Å²) in [5.74, 6) is 0.776. The molecular formula is C28H31N5O2S. The molecule has 0 unspecified atom stereocenters. The number of hydrogen-bond acceptors (Lipinski definition) is 7. The van der Waals surface area contributed by atoms with Gasteiger partial charge in [0.15, 0.2) is 0 Å². The Hall–Kier alpha value is -3.25. The second-order valence-electron chi connectivity index (χ2n) is 9.50. The first-order valence-corrected chi connectivity index (χ1v) is 13.4. The summed E-state index contributed by atoms with van der Waals surface area (Å²) in [6.45, 7) is 7.57. The van der Waals surface area contributed by atoms with Crippen molar-refractivity contribution >= 4 is 17.2 Å². The van der Waals surface area contributed by atoms with Gasteiger partial charge in [-0.1, -0.05) is 18.2 Å². The SMILES string of the molecule is CC(C)Oc1ccc(-c2ncc(-c3cccc4c3CC[C@@H]4NCC(=O)N3CCNCC3)s2)cc1C#N. The van der Waals surface area contributed by atoms with Crippen LogP contribution in [0.15, 0.2) is 42.6 Å². The van der Waals surface area contributed by atoms with E-state index in [0.29, 0.717) is 17.9 Å². The molecule has 1 aliphatic carbocycles. The molecule has 1 aliphatic heterocycles. The van der Waals surface area contributed by atoms with E-state index in [1.807, 2.05) is 43.1 Å². The monoisotopic (exact) mass is 501 g/mol. The topological polar surface area (TPSA) is 90.3 Å². The highest BCUT2D eigenvalue weighted by Gasteiger charge is 2.27. The lowest BCUT2D eigenvalue weighted by atomic mass is 10.0. The van der Waals surface area contributed by atoms with E-state index in [0.717, 1.165) is 54.5 Å². The van der Waals surface area contributed by atoms with E-state index < -0.39 is 0 Å². The molecule has 2 aliphatic rings. The molecule has 7 nitrogen and oxygen atoms in total. The lowest BCUT2D eigenvalue weighted by molar-refractivity contribution is -0.130. The predicted molar refractivity (Wildman–Crippen MR) is 142 cm³/mol. The first-order chi connectivity index (χ1) is 17.5. The Morgan fingerprint density at radius 3 is 2.92 bits per heavy atom. The van der Waals surface area contributed by atoms with Gasteiger partial charge in [-0.15, -0.1) is 11.3 Å². The maximum atomic E-state index is 12.6. The number of fused-ring (bicyclic) bond motifs is 1. The molecule has 186 valence electrons. The number of piperazine rings is 1. The number of carbonyl (C=O) groups excluding carboxylic acids is 1. The summed E-state index contributed by atoms with van der Waals surface area (Å²) in [6.07, 6.45) is 3.89. The van der Waals surface area contributed by atoms with Gasteiger partial charge in [-0.05, 0) is 61.6 Å². The fourth-order valence-corrected chi connectivity index (χ4v) is 5.94. The quantitative estimate of drug-likeness (QED) is 0.506. The van der Waals surface area contributed by atoms with Gasteiger partial charge in [0.25, 0.3) is 0 Å². The molecule has 5 rings (SSSR count).